The summed E-state index contributed by atoms with van der Waals surface area (Å²) in [6, 6.07) is 5.56. The SMILES string of the molecule is CC(=O)c1ccc(C)cc1C(F)(F)F.CCCC(CC[C@H](C)CC)c1cc(N)on1. The minimum absolute atomic E-state index is 0.275. The lowest BCUT2D eigenvalue weighted by Crippen LogP contribution is -2.11. The normalized spacial score (nSPS) is 13.3. The van der Waals surface area contributed by atoms with Gasteiger partial charge in [0.2, 0.25) is 5.88 Å². The molecule has 2 atom stereocenters. The van der Waals surface area contributed by atoms with Gasteiger partial charge in [0.25, 0.3) is 0 Å². The third-order valence-corrected chi connectivity index (χ3v) is 5.17. The fourth-order valence-corrected chi connectivity index (χ4v) is 3.17. The van der Waals surface area contributed by atoms with Gasteiger partial charge in [0.05, 0.1) is 11.3 Å². The highest BCUT2D eigenvalue weighted by atomic mass is 19.4. The van der Waals surface area contributed by atoms with E-state index in [-0.39, 0.29) is 5.56 Å². The third kappa shape index (κ3) is 8.20. The minimum Gasteiger partial charge on any atom is -0.368 e. The van der Waals surface area contributed by atoms with E-state index in [9.17, 15) is 18.0 Å². The Labute approximate surface area is 177 Å². The van der Waals surface area contributed by atoms with Gasteiger partial charge in [0, 0.05) is 17.5 Å². The highest BCUT2D eigenvalue weighted by Crippen LogP contribution is 2.33. The van der Waals surface area contributed by atoms with Gasteiger partial charge in [-0.05, 0) is 38.7 Å². The van der Waals surface area contributed by atoms with Crippen molar-refractivity contribution in [3.05, 3.63) is 46.6 Å². The number of nitrogens with two attached hydrogens (primary N) is 1. The lowest BCUT2D eigenvalue weighted by Gasteiger charge is -2.15. The van der Waals surface area contributed by atoms with Crippen LogP contribution in [0, 0.1) is 12.8 Å². The van der Waals surface area contributed by atoms with Crippen LogP contribution in [0.4, 0.5) is 19.1 Å². The number of ketones is 1. The average Bonchev–Trinajstić information content (AvgIpc) is 3.10. The summed E-state index contributed by atoms with van der Waals surface area (Å²) in [6.07, 6.45) is 1.58. The predicted molar refractivity (Wildman–Crippen MR) is 113 cm³/mol. The van der Waals surface area contributed by atoms with Crippen LogP contribution in [0.2, 0.25) is 0 Å². The summed E-state index contributed by atoms with van der Waals surface area (Å²) in [5.74, 6) is 1.17. The number of hydrogen-bond acceptors (Lipinski definition) is 4. The van der Waals surface area contributed by atoms with Gasteiger partial charge in [-0.25, -0.2) is 0 Å². The third-order valence-electron chi connectivity index (χ3n) is 5.17. The van der Waals surface area contributed by atoms with Crippen molar-refractivity contribution in [2.75, 3.05) is 5.73 Å². The van der Waals surface area contributed by atoms with Gasteiger partial charge in [-0.3, -0.25) is 4.79 Å². The van der Waals surface area contributed by atoms with Crippen molar-refractivity contribution in [3.8, 4) is 0 Å². The first-order valence-corrected chi connectivity index (χ1v) is 10.4. The number of aryl methyl sites for hydroxylation is 1. The number of aromatic nitrogens is 1. The number of carbonyl (C=O) groups excluding carboxylic acids is 1. The molecule has 0 saturated heterocycles. The maximum atomic E-state index is 12.4. The molecule has 2 rings (SSSR count). The van der Waals surface area contributed by atoms with E-state index in [0.29, 0.717) is 17.4 Å². The summed E-state index contributed by atoms with van der Waals surface area (Å²) in [6.45, 7) is 9.44. The van der Waals surface area contributed by atoms with E-state index >= 15 is 0 Å². The van der Waals surface area contributed by atoms with Gasteiger partial charge in [0.1, 0.15) is 0 Å². The van der Waals surface area contributed by atoms with Crippen LogP contribution < -0.4 is 5.73 Å². The van der Waals surface area contributed by atoms with Crippen molar-refractivity contribution in [2.45, 2.75) is 78.8 Å². The molecular formula is C23H33F3N2O2. The highest BCUT2D eigenvalue weighted by molar-refractivity contribution is 5.95. The molecule has 0 aliphatic rings. The first-order chi connectivity index (χ1) is 14.0. The van der Waals surface area contributed by atoms with E-state index in [1.807, 2.05) is 6.07 Å². The number of carbonyl (C=O) groups is 1. The van der Waals surface area contributed by atoms with Crippen LogP contribution in [0.15, 0.2) is 28.8 Å². The molecule has 1 heterocycles. The molecule has 0 amide bonds. The molecular weight excluding hydrogens is 393 g/mol. The summed E-state index contributed by atoms with van der Waals surface area (Å²) in [4.78, 5) is 10.9. The molecule has 0 bridgehead atoms. The number of nitrogens with zero attached hydrogens (tertiary/aromatic N) is 1. The molecule has 1 unspecified atom stereocenters. The molecule has 0 spiro atoms. The highest BCUT2D eigenvalue weighted by Gasteiger charge is 2.34. The molecule has 7 heteroatoms. The van der Waals surface area contributed by atoms with E-state index in [2.05, 4.69) is 25.9 Å². The molecule has 1 aromatic heterocycles. The van der Waals surface area contributed by atoms with Crippen LogP contribution >= 0.6 is 0 Å². The Balaban J connectivity index is 0.000000303. The van der Waals surface area contributed by atoms with Crippen molar-refractivity contribution in [2.24, 2.45) is 5.92 Å². The summed E-state index contributed by atoms with van der Waals surface area (Å²) in [5, 5.41) is 4.04. The monoisotopic (exact) mass is 426 g/mol. The molecule has 1 aromatic carbocycles. The van der Waals surface area contributed by atoms with Crippen LogP contribution in [-0.2, 0) is 6.18 Å². The number of benzene rings is 1. The smallest absolute Gasteiger partial charge is 0.368 e. The quantitative estimate of drug-likeness (QED) is 0.454. The Hall–Kier alpha value is -2.31. The number of rotatable bonds is 8. The Morgan fingerprint density at radius 1 is 1.17 bits per heavy atom. The Bertz CT molecular complexity index is 800. The zero-order chi connectivity index (χ0) is 22.9. The number of Topliss-reactive ketones (excluding diaryl/α,β-unsaturated/α-hetero) is 1. The van der Waals surface area contributed by atoms with Crippen molar-refractivity contribution in [3.63, 3.8) is 0 Å². The fourth-order valence-electron chi connectivity index (χ4n) is 3.17. The van der Waals surface area contributed by atoms with Crippen molar-refractivity contribution in [1.82, 2.24) is 5.16 Å². The molecule has 0 saturated carbocycles. The number of alkyl halides is 3. The lowest BCUT2D eigenvalue weighted by molar-refractivity contribution is -0.137. The Morgan fingerprint density at radius 3 is 2.30 bits per heavy atom. The van der Waals surface area contributed by atoms with Crippen molar-refractivity contribution in [1.29, 1.82) is 0 Å². The summed E-state index contributed by atoms with van der Waals surface area (Å²) < 4.78 is 42.3. The van der Waals surface area contributed by atoms with E-state index < -0.39 is 17.5 Å². The minimum atomic E-state index is -4.47. The molecule has 4 nitrogen and oxygen atoms in total. The Morgan fingerprint density at radius 2 is 1.83 bits per heavy atom. The summed E-state index contributed by atoms with van der Waals surface area (Å²) in [7, 11) is 0. The molecule has 0 radical (unpaired) electrons. The Kier molecular flexibility index (Phi) is 10.1. The van der Waals surface area contributed by atoms with Gasteiger partial charge in [-0.15, -0.1) is 0 Å². The van der Waals surface area contributed by atoms with Crippen LogP contribution in [0.1, 0.15) is 92.9 Å². The zero-order valence-electron chi connectivity index (χ0n) is 18.5. The van der Waals surface area contributed by atoms with Gasteiger partial charge in [-0.1, -0.05) is 62.9 Å². The lowest BCUT2D eigenvalue weighted by atomic mass is 9.90. The van der Waals surface area contributed by atoms with Crippen molar-refractivity contribution < 1.29 is 22.5 Å². The maximum Gasteiger partial charge on any atom is 0.417 e. The predicted octanol–water partition coefficient (Wildman–Crippen LogP) is 7.18. The first-order valence-electron chi connectivity index (χ1n) is 10.4. The number of halogens is 3. The van der Waals surface area contributed by atoms with Gasteiger partial charge >= 0.3 is 6.18 Å². The van der Waals surface area contributed by atoms with E-state index in [1.54, 1.807) is 6.92 Å². The molecule has 0 aliphatic heterocycles. The molecule has 2 N–H and O–H groups in total. The van der Waals surface area contributed by atoms with Crippen LogP contribution in [0.5, 0.6) is 0 Å². The van der Waals surface area contributed by atoms with Crippen LogP contribution in [0.3, 0.4) is 0 Å². The molecule has 0 aliphatic carbocycles. The standard InChI is InChI=1S/C13H24N2O.C10H9F3O/c1-4-6-11(8-7-10(3)5-2)12-9-13(14)16-15-12;1-6-3-4-8(7(2)14)9(5-6)10(11,12)13/h9-11H,4-8,14H2,1-3H3;3-5H,1-2H3/t10-,11?;/m1./s1. The number of nitrogen functional groups attached to an aromatic ring is 1. The van der Waals surface area contributed by atoms with Crippen molar-refractivity contribution >= 4 is 11.7 Å². The molecule has 30 heavy (non-hydrogen) atoms. The van der Waals surface area contributed by atoms with Crippen LogP contribution in [0.25, 0.3) is 0 Å². The second kappa shape index (κ2) is 11.8. The summed E-state index contributed by atoms with van der Waals surface area (Å²) in [5.41, 5.74) is 5.95. The van der Waals surface area contributed by atoms with Gasteiger partial charge in [-0.2, -0.15) is 13.2 Å². The van der Waals surface area contributed by atoms with Gasteiger partial charge < -0.3 is 10.3 Å². The number of hydrogen-bond donors (Lipinski definition) is 1. The zero-order valence-corrected chi connectivity index (χ0v) is 18.5. The summed E-state index contributed by atoms with van der Waals surface area (Å²) >= 11 is 0. The second-order valence-corrected chi connectivity index (χ2v) is 7.83. The number of anilines is 1. The van der Waals surface area contributed by atoms with E-state index in [4.69, 9.17) is 10.3 Å². The fraction of sp³-hybridized carbons (Fsp3) is 0.565. The largest absolute Gasteiger partial charge is 0.417 e. The molecule has 0 fully saturated rings. The van der Waals surface area contributed by atoms with Gasteiger partial charge in [0.15, 0.2) is 5.78 Å². The topological polar surface area (TPSA) is 69.1 Å². The molecule has 168 valence electrons. The van der Waals surface area contributed by atoms with E-state index in [1.165, 1.54) is 44.2 Å². The molecule has 2 aromatic rings. The van der Waals surface area contributed by atoms with Crippen LogP contribution in [-0.4, -0.2) is 10.9 Å². The second-order valence-electron chi connectivity index (χ2n) is 7.83. The van der Waals surface area contributed by atoms with E-state index in [0.717, 1.165) is 24.6 Å². The maximum absolute atomic E-state index is 12.4. The first kappa shape index (κ1) is 25.7. The average molecular weight is 427 g/mol.